The van der Waals surface area contributed by atoms with Gasteiger partial charge in [0.15, 0.2) is 0 Å². The second-order valence-corrected chi connectivity index (χ2v) is 5.03. The fraction of sp³-hybridized carbons (Fsp3) is 0.176. The molecule has 1 aliphatic heterocycles. The lowest BCUT2D eigenvalue weighted by Crippen LogP contribution is -2.06. The standard InChI is InChI=1S/C17H17N/c1-12(2)14-10-13-7-8-15(16(13)11-14)17-6-4-3-5-9-18-17/h3-12,18H,1-2H3. The van der Waals surface area contributed by atoms with Crippen molar-refractivity contribution < 1.29 is 0 Å². The molecule has 1 N–H and O–H groups in total. The highest BCUT2D eigenvalue weighted by atomic mass is 14.9. The van der Waals surface area contributed by atoms with Crippen LogP contribution in [-0.4, -0.2) is 0 Å². The van der Waals surface area contributed by atoms with Gasteiger partial charge in [-0.3, -0.25) is 0 Å². The first-order valence-electron chi connectivity index (χ1n) is 6.42. The van der Waals surface area contributed by atoms with Crippen LogP contribution >= 0.6 is 0 Å². The van der Waals surface area contributed by atoms with Gasteiger partial charge in [0.05, 0.1) is 0 Å². The molecule has 0 atom stereocenters. The Bertz CT molecular complexity index is 587. The molecule has 1 heterocycles. The van der Waals surface area contributed by atoms with Crippen molar-refractivity contribution in [3.05, 3.63) is 82.8 Å². The summed E-state index contributed by atoms with van der Waals surface area (Å²) >= 11 is 0. The van der Waals surface area contributed by atoms with Crippen LogP contribution in [0.3, 0.4) is 0 Å². The molecule has 0 aromatic carbocycles. The van der Waals surface area contributed by atoms with Gasteiger partial charge in [-0.1, -0.05) is 50.3 Å². The van der Waals surface area contributed by atoms with E-state index in [-0.39, 0.29) is 0 Å². The zero-order valence-corrected chi connectivity index (χ0v) is 10.8. The molecule has 3 aliphatic rings. The topological polar surface area (TPSA) is 12.0 Å². The molecule has 1 heteroatoms. The summed E-state index contributed by atoms with van der Waals surface area (Å²) in [7, 11) is 0. The second-order valence-electron chi connectivity index (χ2n) is 5.03. The maximum absolute atomic E-state index is 3.33. The number of hydrogen-bond donors (Lipinski definition) is 1. The van der Waals surface area contributed by atoms with E-state index in [1.807, 2.05) is 18.4 Å². The summed E-state index contributed by atoms with van der Waals surface area (Å²) in [6.45, 7) is 4.48. The Morgan fingerprint density at radius 2 is 1.83 bits per heavy atom. The van der Waals surface area contributed by atoms with Crippen molar-refractivity contribution >= 4 is 0 Å². The highest BCUT2D eigenvalue weighted by Gasteiger charge is 2.21. The fourth-order valence-corrected chi connectivity index (χ4v) is 2.38. The molecule has 3 rings (SSSR count). The third-order valence-electron chi connectivity index (χ3n) is 3.44. The Kier molecular flexibility index (Phi) is 2.67. The van der Waals surface area contributed by atoms with Gasteiger partial charge in [0.1, 0.15) is 0 Å². The SMILES string of the molecule is CC(C)C1=CC2=C(C3=CC=CC=CN3)C=CC2=C1. The van der Waals surface area contributed by atoms with Crippen LogP contribution in [0.25, 0.3) is 0 Å². The Balaban J connectivity index is 2.01. The van der Waals surface area contributed by atoms with Crippen molar-refractivity contribution in [2.45, 2.75) is 13.8 Å². The van der Waals surface area contributed by atoms with Gasteiger partial charge in [0, 0.05) is 17.5 Å². The maximum atomic E-state index is 3.33. The maximum Gasteiger partial charge on any atom is 0.0459 e. The number of nitrogens with one attached hydrogen (secondary N) is 1. The van der Waals surface area contributed by atoms with E-state index < -0.39 is 0 Å². The summed E-state index contributed by atoms with van der Waals surface area (Å²) in [5.74, 6) is 0.584. The Morgan fingerprint density at radius 3 is 2.67 bits per heavy atom. The zero-order valence-electron chi connectivity index (χ0n) is 10.8. The molecule has 90 valence electrons. The average Bonchev–Trinajstić information content (AvgIpc) is 2.81. The van der Waals surface area contributed by atoms with Crippen LogP contribution < -0.4 is 5.32 Å². The highest BCUT2D eigenvalue weighted by molar-refractivity contribution is 5.70. The molecule has 0 spiro atoms. The molecule has 0 aromatic rings. The minimum atomic E-state index is 0.584. The molecular weight excluding hydrogens is 218 g/mol. The van der Waals surface area contributed by atoms with Crippen molar-refractivity contribution in [3.8, 4) is 0 Å². The molecule has 0 saturated carbocycles. The average molecular weight is 235 g/mol. The molecule has 0 amide bonds. The molecule has 18 heavy (non-hydrogen) atoms. The Morgan fingerprint density at radius 1 is 0.944 bits per heavy atom. The predicted molar refractivity (Wildman–Crippen MR) is 76.7 cm³/mol. The zero-order chi connectivity index (χ0) is 12.5. The van der Waals surface area contributed by atoms with Gasteiger partial charge in [-0.25, -0.2) is 0 Å². The molecule has 0 bridgehead atoms. The van der Waals surface area contributed by atoms with Crippen LogP contribution in [0.1, 0.15) is 13.8 Å². The van der Waals surface area contributed by atoms with Crippen molar-refractivity contribution in [1.29, 1.82) is 0 Å². The van der Waals surface area contributed by atoms with Gasteiger partial charge in [0.2, 0.25) is 0 Å². The second kappa shape index (κ2) is 4.34. The van der Waals surface area contributed by atoms with Crippen LogP contribution in [-0.2, 0) is 0 Å². The van der Waals surface area contributed by atoms with Gasteiger partial charge in [0.25, 0.3) is 0 Å². The van der Waals surface area contributed by atoms with Gasteiger partial charge < -0.3 is 5.32 Å². The number of fused-ring (bicyclic) bond motifs is 1. The number of allylic oxidation sites excluding steroid dienone is 11. The predicted octanol–water partition coefficient (Wildman–Crippen LogP) is 3.93. The smallest absolute Gasteiger partial charge is 0.0459 e. The van der Waals surface area contributed by atoms with Crippen LogP contribution in [0.2, 0.25) is 0 Å². The van der Waals surface area contributed by atoms with Crippen molar-refractivity contribution in [3.63, 3.8) is 0 Å². The summed E-state index contributed by atoms with van der Waals surface area (Å²) < 4.78 is 0. The van der Waals surface area contributed by atoms with E-state index in [0.717, 1.165) is 5.70 Å². The quantitative estimate of drug-likeness (QED) is 0.764. The molecule has 0 saturated heterocycles. The molecule has 1 nitrogen and oxygen atoms in total. The van der Waals surface area contributed by atoms with Crippen LogP contribution in [0.15, 0.2) is 82.8 Å². The van der Waals surface area contributed by atoms with E-state index in [1.165, 1.54) is 22.3 Å². The molecular formula is C17H17N. The summed E-state index contributed by atoms with van der Waals surface area (Å²) in [4.78, 5) is 0. The van der Waals surface area contributed by atoms with E-state index >= 15 is 0 Å². The fourth-order valence-electron chi connectivity index (χ4n) is 2.38. The summed E-state index contributed by atoms with van der Waals surface area (Å²) in [6, 6.07) is 0. The first-order chi connectivity index (χ1) is 8.75. The summed E-state index contributed by atoms with van der Waals surface area (Å²) in [5, 5.41) is 3.33. The monoisotopic (exact) mass is 235 g/mol. The van der Waals surface area contributed by atoms with Crippen LogP contribution in [0.5, 0.6) is 0 Å². The number of hydrogen-bond acceptors (Lipinski definition) is 1. The van der Waals surface area contributed by atoms with Crippen molar-refractivity contribution in [2.75, 3.05) is 0 Å². The minimum absolute atomic E-state index is 0.584. The number of rotatable bonds is 2. The molecule has 0 aromatic heterocycles. The van der Waals surface area contributed by atoms with Crippen molar-refractivity contribution in [2.24, 2.45) is 5.92 Å². The van der Waals surface area contributed by atoms with E-state index in [1.54, 1.807) is 0 Å². The molecule has 2 aliphatic carbocycles. The summed E-state index contributed by atoms with van der Waals surface area (Å²) in [6.07, 6.45) is 19.2. The first kappa shape index (κ1) is 11.1. The Labute approximate surface area is 108 Å². The first-order valence-corrected chi connectivity index (χ1v) is 6.42. The molecule has 0 unspecified atom stereocenters. The van der Waals surface area contributed by atoms with Crippen LogP contribution in [0, 0.1) is 5.92 Å². The lowest BCUT2D eigenvalue weighted by molar-refractivity contribution is 0.794. The Hall–Kier alpha value is -2.02. The van der Waals surface area contributed by atoms with Gasteiger partial charge in [-0.05, 0) is 34.8 Å². The molecule has 0 fully saturated rings. The van der Waals surface area contributed by atoms with Gasteiger partial charge in [-0.15, -0.1) is 0 Å². The third-order valence-corrected chi connectivity index (χ3v) is 3.44. The molecule has 0 radical (unpaired) electrons. The van der Waals surface area contributed by atoms with Crippen molar-refractivity contribution in [1.82, 2.24) is 5.32 Å². The van der Waals surface area contributed by atoms with E-state index in [9.17, 15) is 0 Å². The summed E-state index contributed by atoms with van der Waals surface area (Å²) in [5.41, 5.74) is 6.56. The normalized spacial score (nSPS) is 20.7. The van der Waals surface area contributed by atoms with E-state index in [2.05, 4.69) is 55.6 Å². The lowest BCUT2D eigenvalue weighted by atomic mass is 10.0. The third kappa shape index (κ3) is 1.82. The largest absolute Gasteiger partial charge is 0.361 e. The highest BCUT2D eigenvalue weighted by Crippen LogP contribution is 2.37. The van der Waals surface area contributed by atoms with Gasteiger partial charge >= 0.3 is 0 Å². The van der Waals surface area contributed by atoms with Crippen LogP contribution in [0.4, 0.5) is 0 Å². The lowest BCUT2D eigenvalue weighted by Gasteiger charge is -2.08. The van der Waals surface area contributed by atoms with E-state index in [4.69, 9.17) is 0 Å². The van der Waals surface area contributed by atoms with E-state index in [0.29, 0.717) is 5.92 Å². The van der Waals surface area contributed by atoms with Gasteiger partial charge in [-0.2, -0.15) is 0 Å². The minimum Gasteiger partial charge on any atom is -0.361 e.